The number of aromatic nitrogens is 1. The molecule has 1 aromatic heterocycles. The number of esters is 1. The molecule has 0 saturated heterocycles. The fraction of sp³-hybridized carbons (Fsp3) is 0.300. The molecular formula is C30H32N2O7S. The van der Waals surface area contributed by atoms with E-state index in [1.165, 1.54) is 23.0 Å². The molecule has 10 heteroatoms. The number of fused-ring (bicyclic) bond motifs is 1. The van der Waals surface area contributed by atoms with Gasteiger partial charge in [-0.2, -0.15) is 0 Å². The van der Waals surface area contributed by atoms with Gasteiger partial charge in [0, 0.05) is 5.56 Å². The summed E-state index contributed by atoms with van der Waals surface area (Å²) in [7, 11) is 3.02. The van der Waals surface area contributed by atoms with Crippen LogP contribution in [0.4, 0.5) is 0 Å². The Kier molecular flexibility index (Phi) is 8.79. The summed E-state index contributed by atoms with van der Waals surface area (Å²) in [6.45, 7) is 9.65. The van der Waals surface area contributed by atoms with Crippen LogP contribution >= 0.6 is 11.3 Å². The molecule has 1 N–H and O–H groups in total. The quantitative estimate of drug-likeness (QED) is 0.296. The monoisotopic (exact) mass is 564 g/mol. The lowest BCUT2D eigenvalue weighted by Crippen LogP contribution is -2.40. The van der Waals surface area contributed by atoms with E-state index >= 15 is 0 Å². The fourth-order valence-corrected chi connectivity index (χ4v) is 5.68. The molecule has 9 nitrogen and oxygen atoms in total. The van der Waals surface area contributed by atoms with Crippen LogP contribution in [0.15, 0.2) is 64.0 Å². The minimum atomic E-state index is -0.798. The highest BCUT2D eigenvalue weighted by Crippen LogP contribution is 2.36. The molecule has 2 heterocycles. The van der Waals surface area contributed by atoms with Crippen LogP contribution in [0.25, 0.3) is 6.08 Å². The lowest BCUT2D eigenvalue weighted by atomic mass is 9.95. The van der Waals surface area contributed by atoms with Gasteiger partial charge in [0.05, 0.1) is 49.3 Å². The highest BCUT2D eigenvalue weighted by Gasteiger charge is 2.34. The number of phenolic OH excluding ortho intramolecular Hbond substituents is 1. The predicted octanol–water partition coefficient (Wildman–Crippen LogP) is 3.65. The minimum absolute atomic E-state index is 0.0281. The third kappa shape index (κ3) is 5.40. The zero-order chi connectivity index (χ0) is 29.0. The van der Waals surface area contributed by atoms with E-state index in [0.717, 1.165) is 0 Å². The average Bonchev–Trinajstić information content (AvgIpc) is 3.23. The second kappa shape index (κ2) is 12.3. The number of thiazole rings is 1. The van der Waals surface area contributed by atoms with E-state index in [2.05, 4.69) is 11.6 Å². The molecule has 2 aromatic carbocycles. The van der Waals surface area contributed by atoms with E-state index in [-0.39, 0.29) is 23.5 Å². The topological polar surface area (TPSA) is 109 Å². The minimum Gasteiger partial charge on any atom is -0.504 e. The Hall–Kier alpha value is -4.31. The van der Waals surface area contributed by atoms with Gasteiger partial charge in [-0.15, -0.1) is 6.58 Å². The van der Waals surface area contributed by atoms with Crippen molar-refractivity contribution in [2.24, 2.45) is 4.99 Å². The van der Waals surface area contributed by atoms with Gasteiger partial charge in [-0.1, -0.05) is 23.5 Å². The molecular weight excluding hydrogens is 532 g/mol. The lowest BCUT2D eigenvalue weighted by Gasteiger charge is -2.25. The van der Waals surface area contributed by atoms with Crippen molar-refractivity contribution in [2.75, 3.05) is 27.4 Å². The number of allylic oxidation sites excluding steroid dienone is 2. The Labute approximate surface area is 235 Å². The van der Waals surface area contributed by atoms with Gasteiger partial charge in [0.25, 0.3) is 5.56 Å². The van der Waals surface area contributed by atoms with E-state index in [1.807, 2.05) is 6.92 Å². The van der Waals surface area contributed by atoms with Crippen LogP contribution in [0.3, 0.4) is 0 Å². The van der Waals surface area contributed by atoms with Crippen LogP contribution in [0.1, 0.15) is 43.5 Å². The summed E-state index contributed by atoms with van der Waals surface area (Å²) < 4.78 is 23.9. The highest BCUT2D eigenvalue weighted by molar-refractivity contribution is 7.07. The second-order valence-corrected chi connectivity index (χ2v) is 9.88. The number of ether oxygens (including phenoxy) is 4. The van der Waals surface area contributed by atoms with Crippen LogP contribution in [0, 0.1) is 0 Å². The maximum absolute atomic E-state index is 14.0. The predicted molar refractivity (Wildman–Crippen MR) is 153 cm³/mol. The molecule has 1 aliphatic heterocycles. The Morgan fingerprint density at radius 1 is 1.12 bits per heavy atom. The van der Waals surface area contributed by atoms with Crippen molar-refractivity contribution < 1.29 is 28.8 Å². The number of phenols is 1. The van der Waals surface area contributed by atoms with Crippen LogP contribution in [-0.2, 0) is 16.0 Å². The van der Waals surface area contributed by atoms with E-state index in [4.69, 9.17) is 18.9 Å². The summed E-state index contributed by atoms with van der Waals surface area (Å²) >= 11 is 1.21. The first kappa shape index (κ1) is 28.7. The standard InChI is InChI=1S/C30H32N2O7S/c1-7-10-20-13-18(14-23(37-6)27(20)33)15-24-28(34)32-26(19-11-12-21(36-5)22(16-19)38-8-2)25(29(35)39-9-3)17(4)31-30(32)40-24/h7,11-16,26,33H,1,8-10H2,2-6H3/b24-15+/t26-/m1/s1. The largest absolute Gasteiger partial charge is 0.504 e. The third-order valence-electron chi connectivity index (χ3n) is 6.38. The molecule has 0 radical (unpaired) electrons. The van der Waals surface area contributed by atoms with Crippen LogP contribution < -0.4 is 29.1 Å². The smallest absolute Gasteiger partial charge is 0.338 e. The summed E-state index contributed by atoms with van der Waals surface area (Å²) in [6, 6.07) is 7.96. The maximum Gasteiger partial charge on any atom is 0.338 e. The summed E-state index contributed by atoms with van der Waals surface area (Å²) in [5.74, 6) is 0.800. The highest BCUT2D eigenvalue weighted by atomic mass is 32.1. The zero-order valence-electron chi connectivity index (χ0n) is 23.1. The molecule has 210 valence electrons. The Morgan fingerprint density at radius 3 is 2.52 bits per heavy atom. The molecule has 0 aliphatic carbocycles. The fourth-order valence-electron chi connectivity index (χ4n) is 4.63. The summed E-state index contributed by atoms with van der Waals surface area (Å²) in [6.07, 6.45) is 3.82. The molecule has 0 unspecified atom stereocenters. The van der Waals surface area contributed by atoms with Gasteiger partial charge in [0.1, 0.15) is 0 Å². The molecule has 0 spiro atoms. The van der Waals surface area contributed by atoms with Crippen LogP contribution in [0.2, 0.25) is 0 Å². The number of nitrogens with zero attached hydrogens (tertiary/aromatic N) is 2. The van der Waals surface area contributed by atoms with Gasteiger partial charge >= 0.3 is 5.97 Å². The van der Waals surface area contributed by atoms with Crippen molar-refractivity contribution in [1.82, 2.24) is 4.57 Å². The van der Waals surface area contributed by atoms with E-state index < -0.39 is 12.0 Å². The number of methoxy groups -OCH3 is 2. The van der Waals surface area contributed by atoms with Crippen molar-refractivity contribution >= 4 is 23.4 Å². The first-order valence-electron chi connectivity index (χ1n) is 12.8. The summed E-state index contributed by atoms with van der Waals surface area (Å²) in [5, 5.41) is 10.5. The Morgan fingerprint density at radius 2 is 1.88 bits per heavy atom. The number of rotatable bonds is 10. The van der Waals surface area contributed by atoms with Gasteiger partial charge < -0.3 is 24.1 Å². The summed E-state index contributed by atoms with van der Waals surface area (Å²) in [4.78, 5) is 32.2. The van der Waals surface area contributed by atoms with Crippen LogP contribution in [0.5, 0.6) is 23.0 Å². The third-order valence-corrected chi connectivity index (χ3v) is 7.36. The van der Waals surface area contributed by atoms with E-state index in [9.17, 15) is 14.7 Å². The second-order valence-electron chi connectivity index (χ2n) is 8.87. The maximum atomic E-state index is 14.0. The van der Waals surface area contributed by atoms with Crippen molar-refractivity contribution in [3.05, 3.63) is 90.6 Å². The molecule has 4 rings (SSSR count). The van der Waals surface area contributed by atoms with E-state index in [0.29, 0.717) is 62.0 Å². The Bertz CT molecular complexity index is 1670. The molecule has 40 heavy (non-hydrogen) atoms. The first-order valence-corrected chi connectivity index (χ1v) is 13.6. The zero-order valence-corrected chi connectivity index (χ0v) is 24.0. The van der Waals surface area contributed by atoms with Gasteiger partial charge in [0.15, 0.2) is 27.8 Å². The molecule has 0 amide bonds. The van der Waals surface area contributed by atoms with Crippen molar-refractivity contribution in [3.63, 3.8) is 0 Å². The van der Waals surface area contributed by atoms with Crippen molar-refractivity contribution in [1.29, 1.82) is 0 Å². The molecule has 0 saturated carbocycles. The van der Waals surface area contributed by atoms with Crippen molar-refractivity contribution in [2.45, 2.75) is 33.2 Å². The first-order chi connectivity index (χ1) is 19.3. The number of carbonyl (C=O) groups is 1. The molecule has 0 fully saturated rings. The normalized spacial score (nSPS) is 14.8. The van der Waals surface area contributed by atoms with Gasteiger partial charge in [-0.05, 0) is 68.7 Å². The molecule has 1 atom stereocenters. The molecule has 1 aliphatic rings. The lowest BCUT2D eigenvalue weighted by molar-refractivity contribution is -0.139. The Balaban J connectivity index is 1.97. The van der Waals surface area contributed by atoms with Gasteiger partial charge in [-0.3, -0.25) is 9.36 Å². The molecule has 0 bridgehead atoms. The number of benzene rings is 2. The van der Waals surface area contributed by atoms with Gasteiger partial charge in [-0.25, -0.2) is 9.79 Å². The van der Waals surface area contributed by atoms with E-state index in [1.54, 1.807) is 63.4 Å². The number of hydrogen-bond acceptors (Lipinski definition) is 9. The number of hydrogen-bond donors (Lipinski definition) is 1. The number of carbonyl (C=O) groups excluding carboxylic acids is 1. The van der Waals surface area contributed by atoms with Crippen LogP contribution in [-0.4, -0.2) is 43.1 Å². The van der Waals surface area contributed by atoms with Gasteiger partial charge in [0.2, 0.25) is 0 Å². The SMILES string of the molecule is C=CCc1cc(/C=c2/sc3n(c2=O)[C@H](c2ccc(OC)c(OCC)c2)C(C(=O)OCC)=C(C)N=3)cc(OC)c1O. The average molecular weight is 565 g/mol. The number of aromatic hydroxyl groups is 1. The van der Waals surface area contributed by atoms with Crippen molar-refractivity contribution in [3.8, 4) is 23.0 Å². The molecule has 3 aromatic rings. The summed E-state index contributed by atoms with van der Waals surface area (Å²) in [5.41, 5.74) is 2.34.